The van der Waals surface area contributed by atoms with E-state index in [1.165, 1.54) is 6.07 Å². The molecule has 1 saturated heterocycles. The minimum Gasteiger partial charge on any atom is -0.481 e. The van der Waals surface area contributed by atoms with E-state index in [4.69, 9.17) is 22.1 Å². The van der Waals surface area contributed by atoms with E-state index in [9.17, 15) is 32.3 Å². The number of carboxylic acids is 1. The first-order chi connectivity index (χ1) is 18.4. The van der Waals surface area contributed by atoms with Gasteiger partial charge >= 0.3 is 18.1 Å². The number of halogens is 5. The van der Waals surface area contributed by atoms with Crippen LogP contribution in [0.5, 0.6) is 0 Å². The van der Waals surface area contributed by atoms with E-state index in [0.29, 0.717) is 6.42 Å². The number of carbonyl (C=O) groups excluding carboxylic acids is 1. The minimum atomic E-state index is -4.63. The van der Waals surface area contributed by atoms with Crippen LogP contribution in [0, 0.1) is 11.7 Å². The Bertz CT molecular complexity index is 1170. The van der Waals surface area contributed by atoms with E-state index in [1.54, 1.807) is 11.8 Å². The Hall–Kier alpha value is -3.39. The molecular formula is C24H29ClF4N6O4. The highest BCUT2D eigenvalue weighted by Crippen LogP contribution is 2.33. The molecule has 2 heterocycles. The van der Waals surface area contributed by atoms with Gasteiger partial charge < -0.3 is 31.1 Å². The van der Waals surface area contributed by atoms with Crippen LogP contribution in [-0.2, 0) is 20.5 Å². The maximum Gasteiger partial charge on any atom is 0.416 e. The Morgan fingerprint density at radius 3 is 2.72 bits per heavy atom. The monoisotopic (exact) mass is 576 g/mol. The highest BCUT2D eigenvalue weighted by Gasteiger charge is 2.36. The lowest BCUT2D eigenvalue weighted by Gasteiger charge is -2.38. The third-order valence-corrected chi connectivity index (χ3v) is 6.46. The lowest BCUT2D eigenvalue weighted by atomic mass is 9.91. The van der Waals surface area contributed by atoms with Gasteiger partial charge in [0.2, 0.25) is 5.82 Å². The molecule has 0 radical (unpaired) electrons. The van der Waals surface area contributed by atoms with Crippen LogP contribution in [0.3, 0.4) is 0 Å². The number of nitrogens with zero attached hydrogens (tertiary/aromatic N) is 3. The van der Waals surface area contributed by atoms with Crippen molar-refractivity contribution in [2.75, 3.05) is 42.2 Å². The number of carboxylic acid groups (broad SMARTS) is 1. The lowest BCUT2D eigenvalue weighted by molar-refractivity contribution is -0.144. The Morgan fingerprint density at radius 2 is 2.05 bits per heavy atom. The molecule has 2 aromatic rings. The zero-order valence-corrected chi connectivity index (χ0v) is 21.7. The van der Waals surface area contributed by atoms with Gasteiger partial charge in [-0.05, 0) is 50.9 Å². The van der Waals surface area contributed by atoms with Crippen LogP contribution in [0.15, 0.2) is 24.5 Å². The fraction of sp³-hybridized carbons (Fsp3) is 0.500. The largest absolute Gasteiger partial charge is 0.481 e. The Balaban J connectivity index is 1.66. The number of benzene rings is 1. The number of rotatable bonds is 11. The first-order valence-electron chi connectivity index (χ1n) is 12.2. The number of esters is 1. The Morgan fingerprint density at radius 1 is 1.31 bits per heavy atom. The van der Waals surface area contributed by atoms with Gasteiger partial charge in [0.1, 0.15) is 12.4 Å². The molecule has 3 rings (SSSR count). The van der Waals surface area contributed by atoms with Gasteiger partial charge in [-0.2, -0.15) is 17.6 Å². The summed E-state index contributed by atoms with van der Waals surface area (Å²) in [5, 5.41) is 15.4. The molecule has 1 aromatic carbocycles. The second-order valence-electron chi connectivity index (χ2n) is 8.95. The van der Waals surface area contributed by atoms with E-state index in [-0.39, 0.29) is 61.4 Å². The molecule has 1 aliphatic heterocycles. The van der Waals surface area contributed by atoms with E-state index < -0.39 is 47.5 Å². The van der Waals surface area contributed by atoms with Gasteiger partial charge in [-0.3, -0.25) is 4.79 Å². The molecule has 0 saturated carbocycles. The number of alkyl halides is 3. The normalized spacial score (nSPS) is 18.5. The minimum absolute atomic E-state index is 0.000788. The molecule has 5 N–H and O–H groups in total. The van der Waals surface area contributed by atoms with Gasteiger partial charge in [0.25, 0.3) is 0 Å². The quantitative estimate of drug-likeness (QED) is 0.178. The smallest absolute Gasteiger partial charge is 0.416 e. The molecule has 214 valence electrons. The van der Waals surface area contributed by atoms with Crippen molar-refractivity contribution >= 4 is 40.9 Å². The van der Waals surface area contributed by atoms with Gasteiger partial charge in [-0.1, -0.05) is 11.6 Å². The molecule has 15 heteroatoms. The van der Waals surface area contributed by atoms with E-state index in [0.717, 1.165) is 18.5 Å². The molecule has 1 aliphatic rings. The maximum absolute atomic E-state index is 14.4. The Kier molecular flexibility index (Phi) is 10.1. The number of hydrogen-bond acceptors (Lipinski definition) is 9. The topological polar surface area (TPSA) is 143 Å². The van der Waals surface area contributed by atoms with Crippen LogP contribution in [0.1, 0.15) is 31.7 Å². The van der Waals surface area contributed by atoms with Crippen molar-refractivity contribution in [2.45, 2.75) is 44.4 Å². The highest BCUT2D eigenvalue weighted by molar-refractivity contribution is 6.31. The number of aliphatic carboxylic acids is 1. The highest BCUT2D eigenvalue weighted by atomic mass is 35.5. The molecule has 1 fully saturated rings. The summed E-state index contributed by atoms with van der Waals surface area (Å²) in [6.45, 7) is 2.31. The molecule has 39 heavy (non-hydrogen) atoms. The number of anilines is 3. The second kappa shape index (κ2) is 13.1. The van der Waals surface area contributed by atoms with Crippen LogP contribution in [-0.4, -0.2) is 65.3 Å². The second-order valence-corrected chi connectivity index (χ2v) is 9.39. The van der Waals surface area contributed by atoms with Crippen LogP contribution in [0.2, 0.25) is 5.02 Å². The number of nitrogen functional groups attached to an aromatic ring is 1. The summed E-state index contributed by atoms with van der Waals surface area (Å²) in [5.74, 6) is -3.55. The van der Waals surface area contributed by atoms with Crippen LogP contribution < -0.4 is 21.3 Å². The molecule has 0 aliphatic carbocycles. The van der Waals surface area contributed by atoms with Gasteiger partial charge in [0.15, 0.2) is 11.6 Å². The van der Waals surface area contributed by atoms with E-state index in [1.807, 2.05) is 0 Å². The van der Waals surface area contributed by atoms with Gasteiger partial charge in [0, 0.05) is 29.8 Å². The molecular weight excluding hydrogens is 548 g/mol. The molecule has 0 bridgehead atoms. The van der Waals surface area contributed by atoms with Crippen LogP contribution in [0.25, 0.3) is 0 Å². The van der Waals surface area contributed by atoms with E-state index in [2.05, 4.69) is 20.6 Å². The SMILES string of the molecule is CCOC(=O)[C@@H](CCCN[C@H]1CN(c2ncnc(N)c2F)CCC1C(=O)O)Nc1cc(Cl)cc(C(F)(F)F)c1. The number of nitrogens with two attached hydrogens (primary N) is 1. The van der Waals surface area contributed by atoms with Crippen molar-refractivity contribution in [3.8, 4) is 0 Å². The lowest BCUT2D eigenvalue weighted by Crippen LogP contribution is -2.54. The molecule has 1 aromatic heterocycles. The first kappa shape index (κ1) is 30.2. The standard InChI is InChI=1S/C24H29ClF4N6O4/c1-2-39-23(38)17(34-15-9-13(24(27,28)29)8-14(25)10-15)4-3-6-31-18-11-35(7-5-16(18)22(36)37)21-19(26)20(30)32-12-33-21/h8-10,12,16-18,31,34H,2-7,11H2,1H3,(H,36,37)(H2,30,32,33)/t16?,17-,18+/m1/s1. The summed E-state index contributed by atoms with van der Waals surface area (Å²) in [5.41, 5.74) is 4.57. The molecule has 10 nitrogen and oxygen atoms in total. The van der Waals surface area contributed by atoms with Gasteiger partial charge in [-0.25, -0.2) is 14.8 Å². The predicted octanol–water partition coefficient (Wildman–Crippen LogP) is 3.56. The van der Waals surface area contributed by atoms with Crippen molar-refractivity contribution < 1.29 is 37.0 Å². The predicted molar refractivity (Wildman–Crippen MR) is 136 cm³/mol. The van der Waals surface area contributed by atoms with Crippen molar-refractivity contribution in [3.63, 3.8) is 0 Å². The van der Waals surface area contributed by atoms with Crippen molar-refractivity contribution in [2.24, 2.45) is 5.92 Å². The summed E-state index contributed by atoms with van der Waals surface area (Å²) < 4.78 is 59.1. The van der Waals surface area contributed by atoms with Crippen molar-refractivity contribution in [3.05, 3.63) is 40.9 Å². The summed E-state index contributed by atoms with van der Waals surface area (Å²) in [4.78, 5) is 33.5. The Labute approximate surface area is 226 Å². The van der Waals surface area contributed by atoms with Crippen molar-refractivity contribution in [1.29, 1.82) is 0 Å². The van der Waals surface area contributed by atoms with Gasteiger partial charge in [0.05, 0.1) is 18.1 Å². The molecule has 3 atom stereocenters. The summed E-state index contributed by atoms with van der Waals surface area (Å²) in [7, 11) is 0. The number of hydrogen-bond donors (Lipinski definition) is 4. The third kappa shape index (κ3) is 8.05. The summed E-state index contributed by atoms with van der Waals surface area (Å²) in [6, 6.07) is 1.34. The van der Waals surface area contributed by atoms with Gasteiger partial charge in [-0.15, -0.1) is 0 Å². The molecule has 0 amide bonds. The number of ether oxygens (including phenoxy) is 1. The summed E-state index contributed by atoms with van der Waals surface area (Å²) in [6.07, 6.45) is -2.79. The number of piperidine rings is 1. The molecule has 1 unspecified atom stereocenters. The first-order valence-corrected chi connectivity index (χ1v) is 12.6. The third-order valence-electron chi connectivity index (χ3n) is 6.24. The fourth-order valence-electron chi connectivity index (χ4n) is 4.36. The van der Waals surface area contributed by atoms with E-state index >= 15 is 0 Å². The van der Waals surface area contributed by atoms with Crippen LogP contribution >= 0.6 is 11.6 Å². The fourth-order valence-corrected chi connectivity index (χ4v) is 4.60. The average molecular weight is 577 g/mol. The molecule has 0 spiro atoms. The number of carbonyl (C=O) groups is 2. The number of aromatic nitrogens is 2. The van der Waals surface area contributed by atoms with Crippen molar-refractivity contribution in [1.82, 2.24) is 15.3 Å². The average Bonchev–Trinajstić information content (AvgIpc) is 2.86. The zero-order valence-electron chi connectivity index (χ0n) is 21.0. The maximum atomic E-state index is 14.4. The summed E-state index contributed by atoms with van der Waals surface area (Å²) >= 11 is 5.85. The number of nitrogens with one attached hydrogen (secondary N) is 2. The van der Waals surface area contributed by atoms with Crippen LogP contribution in [0.4, 0.5) is 34.9 Å². The zero-order chi connectivity index (χ0) is 28.7.